The molecule has 2 heterocycles. The van der Waals surface area contributed by atoms with Crippen molar-refractivity contribution < 1.29 is 19.7 Å². The van der Waals surface area contributed by atoms with Crippen molar-refractivity contribution >= 4 is 22.8 Å². The molecule has 2 fully saturated rings. The molecule has 1 aliphatic heterocycles. The van der Waals surface area contributed by atoms with E-state index >= 15 is 0 Å². The Morgan fingerprint density at radius 2 is 1.96 bits per heavy atom. The minimum Gasteiger partial charge on any atom is -0.393 e. The van der Waals surface area contributed by atoms with Crippen molar-refractivity contribution in [3.63, 3.8) is 0 Å². The first-order valence-electron chi connectivity index (χ1n) is 9.37. The molecule has 0 unspecified atom stereocenters. The fraction of sp³-hybridized carbons (Fsp3) is 0.526. The van der Waals surface area contributed by atoms with Crippen molar-refractivity contribution in [2.45, 2.75) is 50.0 Å². The molecule has 27 heavy (non-hydrogen) atoms. The van der Waals surface area contributed by atoms with Crippen LogP contribution in [0, 0.1) is 0 Å². The van der Waals surface area contributed by atoms with Gasteiger partial charge in [-0.2, -0.15) is 0 Å². The maximum Gasteiger partial charge on any atom is 0.253 e. The molecular weight excluding hydrogens is 348 g/mol. The van der Waals surface area contributed by atoms with Gasteiger partial charge >= 0.3 is 0 Å². The van der Waals surface area contributed by atoms with E-state index in [1.807, 2.05) is 6.07 Å². The average molecular weight is 372 g/mol. The molecule has 1 saturated carbocycles. The van der Waals surface area contributed by atoms with Crippen molar-refractivity contribution in [2.24, 2.45) is 0 Å². The van der Waals surface area contributed by atoms with Gasteiger partial charge in [0, 0.05) is 17.6 Å². The lowest BCUT2D eigenvalue weighted by Gasteiger charge is -2.26. The van der Waals surface area contributed by atoms with Crippen molar-refractivity contribution in [1.29, 1.82) is 0 Å². The highest BCUT2D eigenvalue weighted by atomic mass is 16.5. The molecule has 2 atom stereocenters. The van der Waals surface area contributed by atoms with Gasteiger partial charge in [-0.1, -0.05) is 12.1 Å². The van der Waals surface area contributed by atoms with E-state index in [0.29, 0.717) is 23.6 Å². The first kappa shape index (κ1) is 18.1. The molecule has 144 valence electrons. The van der Waals surface area contributed by atoms with Gasteiger partial charge in [-0.3, -0.25) is 4.79 Å². The Balaban J connectivity index is 1.54. The fourth-order valence-corrected chi connectivity index (χ4v) is 3.64. The minimum absolute atomic E-state index is 0.217. The summed E-state index contributed by atoms with van der Waals surface area (Å²) >= 11 is 0. The van der Waals surface area contributed by atoms with E-state index in [1.165, 1.54) is 0 Å². The molecule has 1 aromatic heterocycles. The molecule has 0 spiro atoms. The lowest BCUT2D eigenvalue weighted by atomic mass is 9.93. The Kier molecular flexibility index (Phi) is 5.20. The summed E-state index contributed by atoms with van der Waals surface area (Å²) in [6, 6.07) is 5.17. The Bertz CT molecular complexity index is 822. The van der Waals surface area contributed by atoms with E-state index in [2.05, 4.69) is 20.6 Å². The van der Waals surface area contributed by atoms with E-state index in [4.69, 9.17) is 4.74 Å². The number of hydrogen-bond acceptors (Lipinski definition) is 7. The molecule has 0 bridgehead atoms. The van der Waals surface area contributed by atoms with E-state index in [1.54, 1.807) is 18.3 Å². The number of nitrogens with one attached hydrogen (secondary N) is 2. The van der Waals surface area contributed by atoms with E-state index in [9.17, 15) is 15.0 Å². The van der Waals surface area contributed by atoms with E-state index in [-0.39, 0.29) is 24.7 Å². The average Bonchev–Trinajstić information content (AvgIpc) is 3.07. The third-order valence-electron chi connectivity index (χ3n) is 5.25. The van der Waals surface area contributed by atoms with Gasteiger partial charge in [0.2, 0.25) is 5.95 Å². The summed E-state index contributed by atoms with van der Waals surface area (Å²) in [6.07, 6.45) is 4.06. The Morgan fingerprint density at radius 3 is 2.70 bits per heavy atom. The van der Waals surface area contributed by atoms with Crippen LogP contribution >= 0.6 is 0 Å². The van der Waals surface area contributed by atoms with Crippen molar-refractivity contribution in [1.82, 2.24) is 15.3 Å². The Morgan fingerprint density at radius 1 is 1.15 bits per heavy atom. The van der Waals surface area contributed by atoms with Crippen LogP contribution in [0.5, 0.6) is 0 Å². The molecule has 0 radical (unpaired) electrons. The van der Waals surface area contributed by atoms with Crippen LogP contribution in [0.2, 0.25) is 0 Å². The van der Waals surface area contributed by atoms with Gasteiger partial charge < -0.3 is 25.6 Å². The number of amides is 1. The number of carbonyl (C=O) groups excluding carboxylic acids is 1. The van der Waals surface area contributed by atoms with E-state index < -0.39 is 12.1 Å². The molecular formula is C19H24N4O4. The summed E-state index contributed by atoms with van der Waals surface area (Å²) in [5.41, 5.74) is 1.01. The molecule has 8 nitrogen and oxygen atoms in total. The number of nitrogens with zero attached hydrogens (tertiary/aromatic N) is 2. The van der Waals surface area contributed by atoms with Gasteiger partial charge in [-0.05, 0) is 31.7 Å². The highest BCUT2D eigenvalue weighted by molar-refractivity contribution is 6.05. The van der Waals surface area contributed by atoms with Crippen LogP contribution in [0.1, 0.15) is 36.0 Å². The monoisotopic (exact) mass is 372 g/mol. The number of ether oxygens (including phenoxy) is 1. The van der Waals surface area contributed by atoms with Crippen molar-refractivity contribution in [3.05, 3.63) is 30.0 Å². The quantitative estimate of drug-likeness (QED) is 0.628. The third-order valence-corrected chi connectivity index (χ3v) is 5.25. The molecule has 4 rings (SSSR count). The van der Waals surface area contributed by atoms with Gasteiger partial charge in [-0.25, -0.2) is 9.97 Å². The van der Waals surface area contributed by atoms with Crippen LogP contribution in [-0.4, -0.2) is 63.6 Å². The summed E-state index contributed by atoms with van der Waals surface area (Å²) < 4.78 is 5.19. The Hall–Kier alpha value is -2.29. The zero-order chi connectivity index (χ0) is 18.8. The van der Waals surface area contributed by atoms with Gasteiger partial charge in [0.05, 0.1) is 42.5 Å². The third kappa shape index (κ3) is 4.02. The zero-order valence-corrected chi connectivity index (χ0v) is 15.0. The lowest BCUT2D eigenvalue weighted by Crippen LogP contribution is -2.42. The molecule has 1 aromatic carbocycles. The molecule has 8 heteroatoms. The van der Waals surface area contributed by atoms with Crippen LogP contribution in [-0.2, 0) is 4.74 Å². The van der Waals surface area contributed by atoms with Crippen LogP contribution in [0.25, 0.3) is 10.9 Å². The van der Waals surface area contributed by atoms with Crippen LogP contribution < -0.4 is 10.6 Å². The number of benzene rings is 1. The van der Waals surface area contributed by atoms with Gasteiger partial charge in [0.1, 0.15) is 0 Å². The first-order valence-corrected chi connectivity index (χ1v) is 9.37. The topological polar surface area (TPSA) is 117 Å². The molecule has 1 amide bonds. The first-order chi connectivity index (χ1) is 13.1. The molecule has 1 saturated heterocycles. The maximum atomic E-state index is 12.7. The number of aliphatic hydroxyl groups excluding tert-OH is 2. The number of hydrogen-bond donors (Lipinski definition) is 4. The minimum atomic E-state index is -0.697. The summed E-state index contributed by atoms with van der Waals surface area (Å²) in [5.74, 6) is 0.189. The molecule has 2 aliphatic rings. The predicted molar refractivity (Wildman–Crippen MR) is 99.5 cm³/mol. The number of rotatable bonds is 4. The fourth-order valence-electron chi connectivity index (χ4n) is 3.64. The summed E-state index contributed by atoms with van der Waals surface area (Å²) in [7, 11) is 0. The summed E-state index contributed by atoms with van der Waals surface area (Å²) in [5, 5.41) is 26.4. The second kappa shape index (κ2) is 7.75. The molecule has 4 N–H and O–H groups in total. The number of para-hydroxylation sites is 1. The Labute approximate surface area is 157 Å². The summed E-state index contributed by atoms with van der Waals surface area (Å²) in [6.45, 7) is 0.528. The second-order valence-electron chi connectivity index (χ2n) is 7.27. The predicted octanol–water partition coefficient (Wildman–Crippen LogP) is 0.835. The smallest absolute Gasteiger partial charge is 0.253 e. The summed E-state index contributed by atoms with van der Waals surface area (Å²) in [4.78, 5) is 21.6. The van der Waals surface area contributed by atoms with Crippen molar-refractivity contribution in [3.8, 4) is 0 Å². The highest BCUT2D eigenvalue weighted by Crippen LogP contribution is 2.23. The number of carbonyl (C=O) groups is 1. The number of aliphatic hydroxyl groups is 2. The highest BCUT2D eigenvalue weighted by Gasteiger charge is 2.28. The number of fused-ring (bicyclic) bond motifs is 1. The maximum absolute atomic E-state index is 12.7. The number of aromatic nitrogens is 2. The van der Waals surface area contributed by atoms with Crippen LogP contribution in [0.3, 0.4) is 0 Å². The van der Waals surface area contributed by atoms with Crippen molar-refractivity contribution in [2.75, 3.05) is 18.5 Å². The lowest BCUT2D eigenvalue weighted by molar-refractivity contribution is 0.0888. The molecule has 2 aromatic rings. The van der Waals surface area contributed by atoms with E-state index in [0.717, 1.165) is 31.1 Å². The van der Waals surface area contributed by atoms with Crippen LogP contribution in [0.4, 0.5) is 5.95 Å². The SMILES string of the molecule is O=C(N[C@H]1COC[C@@H]1O)c1cccc2cnc(N[C@H]3CC[C@H](O)CC3)nc12. The van der Waals surface area contributed by atoms with Gasteiger partial charge in [-0.15, -0.1) is 0 Å². The second-order valence-corrected chi connectivity index (χ2v) is 7.27. The van der Waals surface area contributed by atoms with Crippen LogP contribution in [0.15, 0.2) is 24.4 Å². The standard InChI is InChI=1S/C19H24N4O4/c24-13-6-4-12(5-7-13)21-19-20-8-11-2-1-3-14(17(11)23-19)18(26)22-15-9-27-10-16(15)25/h1-3,8,12-13,15-16,24-25H,4-7,9-10H2,(H,22,26)(H,20,21,23)/t12-,13-,15-,16-/m0/s1. The normalized spacial score (nSPS) is 28.2. The van der Waals surface area contributed by atoms with Gasteiger partial charge in [0.25, 0.3) is 5.91 Å². The molecule has 1 aliphatic carbocycles. The largest absolute Gasteiger partial charge is 0.393 e. The number of anilines is 1. The van der Waals surface area contributed by atoms with Gasteiger partial charge in [0.15, 0.2) is 0 Å². The zero-order valence-electron chi connectivity index (χ0n) is 15.0.